The molecule has 3 unspecified atom stereocenters. The van der Waals surface area contributed by atoms with Crippen molar-refractivity contribution in [3.05, 3.63) is 29.8 Å². The van der Waals surface area contributed by atoms with E-state index >= 15 is 0 Å². The van der Waals surface area contributed by atoms with Gasteiger partial charge in [-0.3, -0.25) is 9.59 Å². The monoisotopic (exact) mass is 386 g/mol. The highest BCUT2D eigenvalue weighted by molar-refractivity contribution is 5.96. The van der Waals surface area contributed by atoms with Crippen molar-refractivity contribution in [1.29, 1.82) is 0 Å². The van der Waals surface area contributed by atoms with E-state index in [2.05, 4.69) is 12.2 Å². The second-order valence-corrected chi connectivity index (χ2v) is 7.97. The Bertz CT molecular complexity index is 716. The Morgan fingerprint density at radius 3 is 2.50 bits per heavy atom. The first-order chi connectivity index (χ1) is 13.5. The van der Waals surface area contributed by atoms with Crippen LogP contribution in [0.2, 0.25) is 0 Å². The molecule has 1 saturated heterocycles. The van der Waals surface area contributed by atoms with E-state index in [1.165, 1.54) is 6.42 Å². The number of nitrogens with one attached hydrogen (secondary N) is 1. The fourth-order valence-corrected chi connectivity index (χ4v) is 3.97. The number of carbonyl (C=O) groups is 3. The van der Waals surface area contributed by atoms with Crippen LogP contribution >= 0.6 is 0 Å². The van der Waals surface area contributed by atoms with Crippen LogP contribution in [0.5, 0.6) is 0 Å². The number of benzene rings is 1. The lowest BCUT2D eigenvalue weighted by Gasteiger charge is -2.30. The largest absolute Gasteiger partial charge is 0.449 e. The third-order valence-corrected chi connectivity index (χ3v) is 5.83. The molecule has 0 radical (unpaired) electrons. The topological polar surface area (TPSA) is 75.7 Å². The highest BCUT2D eigenvalue weighted by Gasteiger charge is 2.27. The van der Waals surface area contributed by atoms with Crippen molar-refractivity contribution in [1.82, 2.24) is 5.32 Å². The zero-order valence-electron chi connectivity index (χ0n) is 16.8. The van der Waals surface area contributed by atoms with Gasteiger partial charge in [0.25, 0.3) is 5.91 Å². The molecule has 2 fully saturated rings. The lowest BCUT2D eigenvalue weighted by atomic mass is 9.86. The van der Waals surface area contributed by atoms with Crippen LogP contribution in [0.1, 0.15) is 69.2 Å². The van der Waals surface area contributed by atoms with Gasteiger partial charge in [0.05, 0.1) is 5.56 Å². The van der Waals surface area contributed by atoms with E-state index in [9.17, 15) is 14.4 Å². The minimum absolute atomic E-state index is 0.115. The Labute approximate surface area is 166 Å². The number of esters is 1. The second-order valence-electron chi connectivity index (χ2n) is 7.97. The number of anilines is 1. The van der Waals surface area contributed by atoms with Gasteiger partial charge in [0.1, 0.15) is 0 Å². The van der Waals surface area contributed by atoms with Gasteiger partial charge in [0.15, 0.2) is 6.10 Å². The minimum atomic E-state index is -0.843. The third-order valence-electron chi connectivity index (χ3n) is 5.83. The van der Waals surface area contributed by atoms with Crippen molar-refractivity contribution >= 4 is 23.5 Å². The van der Waals surface area contributed by atoms with Gasteiger partial charge in [-0.25, -0.2) is 4.79 Å². The molecule has 1 aromatic rings. The molecule has 1 aliphatic heterocycles. The molecule has 1 aliphatic carbocycles. The zero-order valence-corrected chi connectivity index (χ0v) is 16.8. The predicted molar refractivity (Wildman–Crippen MR) is 107 cm³/mol. The average molecular weight is 386 g/mol. The molecule has 1 aromatic carbocycles. The van der Waals surface area contributed by atoms with Crippen LogP contribution in [-0.2, 0) is 14.3 Å². The van der Waals surface area contributed by atoms with Crippen LogP contribution in [-0.4, -0.2) is 36.5 Å². The van der Waals surface area contributed by atoms with Crippen LogP contribution in [0, 0.1) is 5.92 Å². The van der Waals surface area contributed by atoms with E-state index in [1.54, 1.807) is 36.1 Å². The highest BCUT2D eigenvalue weighted by Crippen LogP contribution is 2.24. The van der Waals surface area contributed by atoms with E-state index in [4.69, 9.17) is 4.74 Å². The molecule has 1 heterocycles. The number of piperidine rings is 1. The molecule has 152 valence electrons. The van der Waals surface area contributed by atoms with Gasteiger partial charge in [0, 0.05) is 24.7 Å². The van der Waals surface area contributed by atoms with Crippen molar-refractivity contribution in [2.24, 2.45) is 5.92 Å². The molecule has 1 saturated carbocycles. The van der Waals surface area contributed by atoms with E-state index in [0.717, 1.165) is 37.8 Å². The number of hydrogen-bond acceptors (Lipinski definition) is 4. The van der Waals surface area contributed by atoms with Gasteiger partial charge in [-0.1, -0.05) is 19.8 Å². The third kappa shape index (κ3) is 4.91. The molecule has 6 heteroatoms. The zero-order chi connectivity index (χ0) is 20.1. The van der Waals surface area contributed by atoms with E-state index in [1.807, 2.05) is 0 Å². The molecule has 3 rings (SSSR count). The lowest BCUT2D eigenvalue weighted by Crippen LogP contribution is -2.46. The Kier molecular flexibility index (Phi) is 6.70. The maximum atomic E-state index is 12.4. The van der Waals surface area contributed by atoms with Gasteiger partial charge >= 0.3 is 5.97 Å². The number of ether oxygens (including phenoxy) is 1. The normalized spacial score (nSPS) is 23.8. The molecular formula is C22H30N2O4. The van der Waals surface area contributed by atoms with Crippen LogP contribution in [0.25, 0.3) is 0 Å². The summed E-state index contributed by atoms with van der Waals surface area (Å²) in [6, 6.07) is 6.97. The first kappa shape index (κ1) is 20.4. The minimum Gasteiger partial charge on any atom is -0.449 e. The van der Waals surface area contributed by atoms with Gasteiger partial charge in [-0.2, -0.15) is 0 Å². The fraction of sp³-hybridized carbons (Fsp3) is 0.591. The molecular weight excluding hydrogens is 356 g/mol. The smallest absolute Gasteiger partial charge is 0.338 e. The van der Waals surface area contributed by atoms with Gasteiger partial charge in [0.2, 0.25) is 5.91 Å². The summed E-state index contributed by atoms with van der Waals surface area (Å²) in [6.45, 7) is 4.45. The van der Waals surface area contributed by atoms with Gasteiger partial charge in [-0.15, -0.1) is 0 Å². The van der Waals surface area contributed by atoms with Crippen LogP contribution in [0.4, 0.5) is 5.69 Å². The first-order valence-corrected chi connectivity index (χ1v) is 10.4. The van der Waals surface area contributed by atoms with Gasteiger partial charge < -0.3 is 15.0 Å². The Hall–Kier alpha value is -2.37. The molecule has 2 aliphatic rings. The fourth-order valence-electron chi connectivity index (χ4n) is 3.97. The standard InChI is InChI=1S/C22H30N2O4/c1-15-7-3-4-8-19(15)23-21(26)16(2)28-22(27)17-10-12-18(13-11-17)24-14-6-5-9-20(24)25/h10-13,15-16,19H,3-9,14H2,1-2H3,(H,23,26). The quantitative estimate of drug-likeness (QED) is 0.787. The summed E-state index contributed by atoms with van der Waals surface area (Å²) in [6.07, 6.45) is 6.06. The molecule has 0 bridgehead atoms. The molecule has 2 amide bonds. The van der Waals surface area contributed by atoms with Crippen LogP contribution in [0.15, 0.2) is 24.3 Å². The van der Waals surface area contributed by atoms with E-state index in [-0.39, 0.29) is 17.9 Å². The molecule has 0 aromatic heterocycles. The summed E-state index contributed by atoms with van der Waals surface area (Å²) in [5, 5.41) is 3.02. The maximum Gasteiger partial charge on any atom is 0.338 e. The Morgan fingerprint density at radius 1 is 1.11 bits per heavy atom. The van der Waals surface area contributed by atoms with E-state index < -0.39 is 12.1 Å². The Morgan fingerprint density at radius 2 is 1.82 bits per heavy atom. The molecule has 28 heavy (non-hydrogen) atoms. The summed E-state index contributed by atoms with van der Waals surface area (Å²) in [7, 11) is 0. The predicted octanol–water partition coefficient (Wildman–Crippen LogP) is 3.44. The summed E-state index contributed by atoms with van der Waals surface area (Å²) in [5.74, 6) is -0.215. The Balaban J connectivity index is 1.54. The van der Waals surface area contributed by atoms with Crippen molar-refractivity contribution < 1.29 is 19.1 Å². The van der Waals surface area contributed by atoms with Gasteiger partial charge in [-0.05, 0) is 62.8 Å². The summed E-state index contributed by atoms with van der Waals surface area (Å²) in [4.78, 5) is 38.5. The van der Waals surface area contributed by atoms with Crippen molar-refractivity contribution in [3.63, 3.8) is 0 Å². The maximum absolute atomic E-state index is 12.4. The molecule has 1 N–H and O–H groups in total. The summed E-state index contributed by atoms with van der Waals surface area (Å²) in [5.41, 5.74) is 1.16. The highest BCUT2D eigenvalue weighted by atomic mass is 16.5. The number of nitrogens with zero attached hydrogens (tertiary/aromatic N) is 1. The SMILES string of the molecule is CC(OC(=O)c1ccc(N2CCCCC2=O)cc1)C(=O)NC1CCCCC1C. The summed E-state index contributed by atoms with van der Waals surface area (Å²) < 4.78 is 5.35. The lowest BCUT2D eigenvalue weighted by molar-refractivity contribution is -0.130. The average Bonchev–Trinajstić information content (AvgIpc) is 2.70. The first-order valence-electron chi connectivity index (χ1n) is 10.4. The summed E-state index contributed by atoms with van der Waals surface area (Å²) >= 11 is 0. The van der Waals surface area contributed by atoms with Crippen molar-refractivity contribution in [2.75, 3.05) is 11.4 Å². The van der Waals surface area contributed by atoms with Crippen molar-refractivity contribution in [2.45, 2.75) is 70.9 Å². The number of hydrogen-bond donors (Lipinski definition) is 1. The van der Waals surface area contributed by atoms with E-state index in [0.29, 0.717) is 24.4 Å². The number of rotatable bonds is 5. The number of amides is 2. The number of carbonyl (C=O) groups excluding carboxylic acids is 3. The molecule has 0 spiro atoms. The molecule has 3 atom stereocenters. The second kappa shape index (κ2) is 9.22. The van der Waals surface area contributed by atoms with Crippen LogP contribution in [0.3, 0.4) is 0 Å². The molecule has 6 nitrogen and oxygen atoms in total. The van der Waals surface area contributed by atoms with Crippen LogP contribution < -0.4 is 10.2 Å². The van der Waals surface area contributed by atoms with Crippen molar-refractivity contribution in [3.8, 4) is 0 Å².